The molecule has 1 unspecified atom stereocenters. The van der Waals surface area contributed by atoms with Gasteiger partial charge >= 0.3 is 6.03 Å². The van der Waals surface area contributed by atoms with Crippen molar-refractivity contribution >= 4 is 23.1 Å². The fraction of sp³-hybridized carbons (Fsp3) is 0.333. The molecule has 110 valence electrons. The number of carbonyl (C=O) groups is 1. The van der Waals surface area contributed by atoms with Gasteiger partial charge in [-0.2, -0.15) is 0 Å². The maximum absolute atomic E-state index is 12.2. The van der Waals surface area contributed by atoms with Crippen LogP contribution < -0.4 is 5.32 Å². The van der Waals surface area contributed by atoms with Crippen molar-refractivity contribution < 1.29 is 9.90 Å². The minimum Gasteiger partial charge on any atom is -0.391 e. The number of anilines is 1. The molecule has 21 heavy (non-hydrogen) atoms. The number of carbonyl (C=O) groups excluding carboxylic acids is 1. The Bertz CT molecular complexity index is 615. The van der Waals surface area contributed by atoms with E-state index in [-0.39, 0.29) is 6.03 Å². The molecule has 0 aliphatic carbocycles. The van der Waals surface area contributed by atoms with Crippen LogP contribution in [0.25, 0.3) is 10.6 Å². The van der Waals surface area contributed by atoms with Gasteiger partial charge in [0.25, 0.3) is 0 Å². The Morgan fingerprint density at radius 3 is 3.14 bits per heavy atom. The van der Waals surface area contributed by atoms with Gasteiger partial charge in [0.2, 0.25) is 0 Å². The molecular formula is C15H17N3O2S. The number of urea groups is 1. The Morgan fingerprint density at radius 2 is 2.38 bits per heavy atom. The van der Waals surface area contributed by atoms with Crippen LogP contribution in [0.5, 0.6) is 0 Å². The summed E-state index contributed by atoms with van der Waals surface area (Å²) >= 11 is 1.56. The molecule has 0 radical (unpaired) electrons. The lowest BCUT2D eigenvalue weighted by Crippen LogP contribution is -2.44. The molecule has 1 aliphatic rings. The smallest absolute Gasteiger partial charge is 0.321 e. The molecule has 2 N–H and O–H groups in total. The van der Waals surface area contributed by atoms with E-state index in [1.54, 1.807) is 22.4 Å². The first-order valence-electron chi connectivity index (χ1n) is 6.96. The van der Waals surface area contributed by atoms with Gasteiger partial charge in [0.1, 0.15) is 5.01 Å². The molecule has 0 bridgehead atoms. The Labute approximate surface area is 127 Å². The number of β-amino-alcohol motifs (C(OH)–C–C–N with tert-alkyl or cyclic N) is 1. The molecule has 2 aromatic rings. The summed E-state index contributed by atoms with van der Waals surface area (Å²) in [6.07, 6.45) is 2.96. The Morgan fingerprint density at radius 1 is 1.48 bits per heavy atom. The molecule has 1 aromatic heterocycles. The second kappa shape index (κ2) is 6.24. The molecule has 6 heteroatoms. The van der Waals surface area contributed by atoms with Crippen molar-refractivity contribution in [2.75, 3.05) is 18.4 Å². The first-order chi connectivity index (χ1) is 10.2. The van der Waals surface area contributed by atoms with E-state index in [0.29, 0.717) is 13.1 Å². The molecule has 0 saturated carbocycles. The molecule has 1 atom stereocenters. The summed E-state index contributed by atoms with van der Waals surface area (Å²) in [7, 11) is 0. The molecule has 3 rings (SSSR count). The monoisotopic (exact) mass is 303 g/mol. The number of aromatic nitrogens is 1. The number of thiazole rings is 1. The Hall–Kier alpha value is -1.92. The molecule has 1 aliphatic heterocycles. The number of piperidine rings is 1. The van der Waals surface area contributed by atoms with Crippen LogP contribution in [0.3, 0.4) is 0 Å². The van der Waals surface area contributed by atoms with Gasteiger partial charge in [-0.15, -0.1) is 11.3 Å². The van der Waals surface area contributed by atoms with Crippen LogP contribution in [-0.4, -0.2) is 40.2 Å². The zero-order valence-corrected chi connectivity index (χ0v) is 12.3. The van der Waals surface area contributed by atoms with Crippen molar-refractivity contribution in [3.05, 3.63) is 35.8 Å². The van der Waals surface area contributed by atoms with E-state index in [1.807, 2.05) is 29.6 Å². The second-order valence-corrected chi connectivity index (χ2v) is 5.98. The lowest BCUT2D eigenvalue weighted by atomic mass is 10.1. The maximum atomic E-state index is 12.2. The van der Waals surface area contributed by atoms with Gasteiger partial charge in [-0.3, -0.25) is 0 Å². The number of rotatable bonds is 2. The van der Waals surface area contributed by atoms with Crippen molar-refractivity contribution in [2.24, 2.45) is 0 Å². The van der Waals surface area contributed by atoms with Crippen LogP contribution in [0.2, 0.25) is 0 Å². The van der Waals surface area contributed by atoms with Gasteiger partial charge < -0.3 is 15.3 Å². The van der Waals surface area contributed by atoms with E-state index < -0.39 is 6.10 Å². The van der Waals surface area contributed by atoms with Crippen LogP contribution in [0, 0.1) is 0 Å². The van der Waals surface area contributed by atoms with Crippen molar-refractivity contribution in [3.63, 3.8) is 0 Å². The topological polar surface area (TPSA) is 65.5 Å². The summed E-state index contributed by atoms with van der Waals surface area (Å²) < 4.78 is 0. The highest BCUT2D eigenvalue weighted by atomic mass is 32.1. The quantitative estimate of drug-likeness (QED) is 0.896. The zero-order valence-electron chi connectivity index (χ0n) is 11.5. The first-order valence-corrected chi connectivity index (χ1v) is 7.84. The van der Waals surface area contributed by atoms with Gasteiger partial charge in [-0.1, -0.05) is 12.1 Å². The zero-order chi connectivity index (χ0) is 14.7. The maximum Gasteiger partial charge on any atom is 0.321 e. The van der Waals surface area contributed by atoms with E-state index >= 15 is 0 Å². The number of nitrogens with zero attached hydrogens (tertiary/aromatic N) is 2. The summed E-state index contributed by atoms with van der Waals surface area (Å²) in [5.74, 6) is 0. The molecule has 2 heterocycles. The lowest BCUT2D eigenvalue weighted by Gasteiger charge is -2.30. The van der Waals surface area contributed by atoms with Crippen LogP contribution >= 0.6 is 11.3 Å². The average Bonchev–Trinajstić information content (AvgIpc) is 3.02. The summed E-state index contributed by atoms with van der Waals surface area (Å²) in [5, 5.41) is 15.4. The third-order valence-corrected chi connectivity index (χ3v) is 4.30. The number of hydrogen-bond donors (Lipinski definition) is 2. The molecule has 2 amide bonds. The number of aliphatic hydroxyl groups is 1. The van der Waals surface area contributed by atoms with Crippen molar-refractivity contribution in [2.45, 2.75) is 18.9 Å². The van der Waals surface area contributed by atoms with Crippen LogP contribution in [0.1, 0.15) is 12.8 Å². The third-order valence-electron chi connectivity index (χ3n) is 3.48. The predicted octanol–water partition coefficient (Wildman–Crippen LogP) is 2.80. The summed E-state index contributed by atoms with van der Waals surface area (Å²) in [5.41, 5.74) is 1.73. The number of amides is 2. The van der Waals surface area contributed by atoms with Gasteiger partial charge in [-0.05, 0) is 25.0 Å². The third kappa shape index (κ3) is 3.40. The molecule has 5 nitrogen and oxygen atoms in total. The number of aliphatic hydroxyl groups excluding tert-OH is 1. The number of benzene rings is 1. The highest BCUT2D eigenvalue weighted by Gasteiger charge is 2.22. The van der Waals surface area contributed by atoms with E-state index in [9.17, 15) is 9.90 Å². The minimum atomic E-state index is -0.411. The normalized spacial score (nSPS) is 18.5. The first kappa shape index (κ1) is 14.0. The van der Waals surface area contributed by atoms with Crippen LogP contribution in [-0.2, 0) is 0 Å². The largest absolute Gasteiger partial charge is 0.391 e. The van der Waals surface area contributed by atoms with Crippen LogP contribution in [0.4, 0.5) is 10.5 Å². The highest BCUT2D eigenvalue weighted by molar-refractivity contribution is 7.13. The SMILES string of the molecule is O=C(Nc1cccc(-c2nccs2)c1)N1CCCC(O)C1. The average molecular weight is 303 g/mol. The van der Waals surface area contributed by atoms with Crippen molar-refractivity contribution in [1.29, 1.82) is 0 Å². The summed E-state index contributed by atoms with van der Waals surface area (Å²) in [6, 6.07) is 7.48. The molecular weight excluding hydrogens is 286 g/mol. The fourth-order valence-electron chi connectivity index (χ4n) is 2.44. The second-order valence-electron chi connectivity index (χ2n) is 5.09. The van der Waals surface area contributed by atoms with E-state index in [4.69, 9.17) is 0 Å². The van der Waals surface area contributed by atoms with Crippen molar-refractivity contribution in [3.8, 4) is 10.6 Å². The lowest BCUT2D eigenvalue weighted by molar-refractivity contribution is 0.0883. The highest BCUT2D eigenvalue weighted by Crippen LogP contribution is 2.24. The number of hydrogen-bond acceptors (Lipinski definition) is 4. The van der Waals surface area contributed by atoms with E-state index in [1.165, 1.54) is 0 Å². The van der Waals surface area contributed by atoms with Gasteiger partial charge in [0.05, 0.1) is 6.10 Å². The standard InChI is InChI=1S/C15H17N3O2S/c19-13-5-2-7-18(10-13)15(20)17-12-4-1-3-11(9-12)14-16-6-8-21-14/h1,3-4,6,8-9,13,19H,2,5,7,10H2,(H,17,20). The number of likely N-dealkylation sites (tertiary alicyclic amines) is 1. The summed E-state index contributed by atoms with van der Waals surface area (Å²) in [6.45, 7) is 1.09. The van der Waals surface area contributed by atoms with Gasteiger partial charge in [0.15, 0.2) is 0 Å². The predicted molar refractivity (Wildman–Crippen MR) is 83.4 cm³/mol. The van der Waals surface area contributed by atoms with E-state index in [0.717, 1.165) is 29.1 Å². The molecule has 0 spiro atoms. The van der Waals surface area contributed by atoms with Crippen molar-refractivity contribution in [1.82, 2.24) is 9.88 Å². The minimum absolute atomic E-state index is 0.162. The molecule has 1 fully saturated rings. The molecule has 1 aromatic carbocycles. The van der Waals surface area contributed by atoms with Gasteiger partial charge in [0, 0.05) is 35.9 Å². The van der Waals surface area contributed by atoms with E-state index in [2.05, 4.69) is 10.3 Å². The number of nitrogens with one attached hydrogen (secondary N) is 1. The fourth-order valence-corrected chi connectivity index (χ4v) is 3.07. The van der Waals surface area contributed by atoms with Crippen LogP contribution in [0.15, 0.2) is 35.8 Å². The van der Waals surface area contributed by atoms with Gasteiger partial charge in [-0.25, -0.2) is 9.78 Å². The molecule has 1 saturated heterocycles. The Kier molecular flexibility index (Phi) is 4.17. The summed E-state index contributed by atoms with van der Waals surface area (Å²) in [4.78, 5) is 18.1. The Balaban J connectivity index is 1.70.